The van der Waals surface area contributed by atoms with Gasteiger partial charge in [-0.1, -0.05) is 41.9 Å². The van der Waals surface area contributed by atoms with E-state index in [-0.39, 0.29) is 12.0 Å². The van der Waals surface area contributed by atoms with Crippen molar-refractivity contribution in [3.05, 3.63) is 64.7 Å². The van der Waals surface area contributed by atoms with E-state index in [0.29, 0.717) is 28.7 Å². The van der Waals surface area contributed by atoms with Gasteiger partial charge in [0.2, 0.25) is 0 Å². The van der Waals surface area contributed by atoms with Gasteiger partial charge >= 0.3 is 0 Å². The van der Waals surface area contributed by atoms with Crippen LogP contribution in [0.5, 0.6) is 11.5 Å². The van der Waals surface area contributed by atoms with Gasteiger partial charge < -0.3 is 9.47 Å². The smallest absolute Gasteiger partial charge is 0.267 e. The standard InChI is InChI=1S/C20H22ClNO4/c1-14(2)26-20-17(21)11-16(12-18(20)24-3)9-10-19(23)22-25-13-15-7-5-4-6-8-15/h4-12,14H,13H2,1-3H3,(H,22,23). The molecule has 5 nitrogen and oxygen atoms in total. The first-order chi connectivity index (χ1) is 12.5. The first-order valence-corrected chi connectivity index (χ1v) is 8.55. The summed E-state index contributed by atoms with van der Waals surface area (Å²) in [6.45, 7) is 4.11. The van der Waals surface area contributed by atoms with Gasteiger partial charge in [0.15, 0.2) is 11.5 Å². The van der Waals surface area contributed by atoms with Crippen LogP contribution < -0.4 is 15.0 Å². The van der Waals surface area contributed by atoms with E-state index in [0.717, 1.165) is 5.56 Å². The van der Waals surface area contributed by atoms with Crippen LogP contribution in [0.2, 0.25) is 5.02 Å². The van der Waals surface area contributed by atoms with E-state index in [2.05, 4.69) is 5.48 Å². The summed E-state index contributed by atoms with van der Waals surface area (Å²) in [7, 11) is 1.54. The van der Waals surface area contributed by atoms with Crippen molar-refractivity contribution in [1.29, 1.82) is 0 Å². The Kier molecular flexibility index (Phi) is 7.51. The van der Waals surface area contributed by atoms with Gasteiger partial charge in [-0.3, -0.25) is 9.63 Å². The zero-order valence-corrected chi connectivity index (χ0v) is 15.7. The predicted molar refractivity (Wildman–Crippen MR) is 102 cm³/mol. The molecule has 0 saturated heterocycles. The van der Waals surface area contributed by atoms with Crippen molar-refractivity contribution < 1.29 is 19.1 Å². The summed E-state index contributed by atoms with van der Waals surface area (Å²) in [5.74, 6) is 0.613. The number of rotatable bonds is 8. The van der Waals surface area contributed by atoms with Gasteiger partial charge in [-0.15, -0.1) is 0 Å². The lowest BCUT2D eigenvalue weighted by molar-refractivity contribution is -0.129. The molecule has 138 valence electrons. The van der Waals surface area contributed by atoms with Gasteiger partial charge in [0, 0.05) is 6.08 Å². The number of hydrogen-bond donors (Lipinski definition) is 1. The molecular weight excluding hydrogens is 354 g/mol. The molecule has 0 atom stereocenters. The minimum absolute atomic E-state index is 0.0321. The summed E-state index contributed by atoms with van der Waals surface area (Å²) in [6, 6.07) is 13.0. The van der Waals surface area contributed by atoms with Crippen molar-refractivity contribution in [1.82, 2.24) is 5.48 Å². The molecule has 6 heteroatoms. The molecule has 2 aromatic carbocycles. The van der Waals surface area contributed by atoms with Gasteiger partial charge in [0.05, 0.1) is 24.8 Å². The number of nitrogens with one attached hydrogen (secondary N) is 1. The molecule has 1 amide bonds. The maximum absolute atomic E-state index is 11.8. The molecule has 0 heterocycles. The minimum Gasteiger partial charge on any atom is -0.493 e. The molecule has 2 rings (SSSR count). The minimum atomic E-state index is -0.376. The van der Waals surface area contributed by atoms with Crippen molar-refractivity contribution in [2.45, 2.75) is 26.6 Å². The maximum atomic E-state index is 11.8. The first kappa shape index (κ1) is 19.8. The third-order valence-electron chi connectivity index (χ3n) is 3.29. The Hall–Kier alpha value is -2.50. The van der Waals surface area contributed by atoms with E-state index < -0.39 is 0 Å². The number of hydroxylamine groups is 1. The second-order valence-electron chi connectivity index (χ2n) is 5.77. The maximum Gasteiger partial charge on any atom is 0.267 e. The second kappa shape index (κ2) is 9.85. The van der Waals surface area contributed by atoms with E-state index in [9.17, 15) is 4.79 Å². The number of carbonyl (C=O) groups excluding carboxylic acids is 1. The summed E-state index contributed by atoms with van der Waals surface area (Å²) in [4.78, 5) is 17.0. The number of hydrogen-bond acceptors (Lipinski definition) is 4. The SMILES string of the molecule is COc1cc(C=CC(=O)NOCc2ccccc2)cc(Cl)c1OC(C)C. The van der Waals surface area contributed by atoms with Gasteiger partial charge in [0.25, 0.3) is 5.91 Å². The molecule has 0 fully saturated rings. The van der Waals surface area contributed by atoms with Crippen LogP contribution in [-0.2, 0) is 16.2 Å². The Morgan fingerprint density at radius 1 is 1.23 bits per heavy atom. The van der Waals surface area contributed by atoms with E-state index in [1.165, 1.54) is 13.2 Å². The van der Waals surface area contributed by atoms with Crippen LogP contribution >= 0.6 is 11.6 Å². The van der Waals surface area contributed by atoms with Crippen LogP contribution in [0.15, 0.2) is 48.5 Å². The van der Waals surface area contributed by atoms with Crippen LogP contribution in [0.3, 0.4) is 0 Å². The average molecular weight is 376 g/mol. The Morgan fingerprint density at radius 3 is 2.62 bits per heavy atom. The summed E-state index contributed by atoms with van der Waals surface area (Å²) in [5.41, 5.74) is 4.04. The summed E-state index contributed by atoms with van der Waals surface area (Å²) in [5, 5.41) is 0.415. The second-order valence-corrected chi connectivity index (χ2v) is 6.18. The number of halogens is 1. The Balaban J connectivity index is 1.96. The van der Waals surface area contributed by atoms with Crippen LogP contribution in [0.4, 0.5) is 0 Å². The van der Waals surface area contributed by atoms with E-state index in [1.807, 2.05) is 44.2 Å². The highest BCUT2D eigenvalue weighted by Crippen LogP contribution is 2.37. The fourth-order valence-electron chi connectivity index (χ4n) is 2.16. The number of ether oxygens (including phenoxy) is 2. The highest BCUT2D eigenvalue weighted by atomic mass is 35.5. The molecule has 0 spiro atoms. The van der Waals surface area contributed by atoms with Crippen molar-refractivity contribution >= 4 is 23.6 Å². The highest BCUT2D eigenvalue weighted by Gasteiger charge is 2.12. The topological polar surface area (TPSA) is 56.8 Å². The van der Waals surface area contributed by atoms with Crippen molar-refractivity contribution in [2.24, 2.45) is 0 Å². The lowest BCUT2D eigenvalue weighted by atomic mass is 10.2. The molecule has 0 saturated carbocycles. The van der Waals surface area contributed by atoms with E-state index in [1.54, 1.807) is 18.2 Å². The lowest BCUT2D eigenvalue weighted by Crippen LogP contribution is -2.21. The van der Waals surface area contributed by atoms with Gasteiger partial charge in [-0.2, -0.15) is 0 Å². The zero-order chi connectivity index (χ0) is 18.9. The van der Waals surface area contributed by atoms with E-state index >= 15 is 0 Å². The Bertz CT molecular complexity index is 760. The quantitative estimate of drug-likeness (QED) is 0.549. The number of amides is 1. The number of carbonyl (C=O) groups is 1. The molecule has 0 aliphatic carbocycles. The molecular formula is C20H22ClNO4. The largest absolute Gasteiger partial charge is 0.493 e. The molecule has 1 N–H and O–H groups in total. The monoisotopic (exact) mass is 375 g/mol. The first-order valence-electron chi connectivity index (χ1n) is 8.17. The van der Waals surface area contributed by atoms with Crippen molar-refractivity contribution in [2.75, 3.05) is 7.11 Å². The molecule has 0 radical (unpaired) electrons. The van der Waals surface area contributed by atoms with Crippen LogP contribution in [0.1, 0.15) is 25.0 Å². The van der Waals surface area contributed by atoms with Crippen molar-refractivity contribution in [3.8, 4) is 11.5 Å². The highest BCUT2D eigenvalue weighted by molar-refractivity contribution is 6.32. The average Bonchev–Trinajstić information content (AvgIpc) is 2.62. The lowest BCUT2D eigenvalue weighted by Gasteiger charge is -2.15. The van der Waals surface area contributed by atoms with Crippen molar-refractivity contribution in [3.63, 3.8) is 0 Å². The van der Waals surface area contributed by atoms with Crippen LogP contribution in [-0.4, -0.2) is 19.1 Å². The van der Waals surface area contributed by atoms with Crippen LogP contribution in [0.25, 0.3) is 6.08 Å². The Morgan fingerprint density at radius 2 is 1.96 bits per heavy atom. The molecule has 0 aliphatic rings. The summed E-state index contributed by atoms with van der Waals surface area (Å²) < 4.78 is 11.0. The molecule has 0 aromatic heterocycles. The third-order valence-corrected chi connectivity index (χ3v) is 3.57. The molecule has 2 aromatic rings. The Labute approximate surface area is 158 Å². The fraction of sp³-hybridized carbons (Fsp3) is 0.250. The fourth-order valence-corrected chi connectivity index (χ4v) is 2.42. The summed E-state index contributed by atoms with van der Waals surface area (Å²) in [6.07, 6.45) is 2.95. The number of methoxy groups -OCH3 is 1. The van der Waals surface area contributed by atoms with Gasteiger partial charge in [0.1, 0.15) is 0 Å². The van der Waals surface area contributed by atoms with E-state index in [4.69, 9.17) is 25.9 Å². The molecule has 0 aliphatic heterocycles. The van der Waals surface area contributed by atoms with Gasteiger partial charge in [-0.25, -0.2) is 5.48 Å². The number of benzene rings is 2. The third kappa shape index (κ3) is 6.10. The molecule has 0 unspecified atom stereocenters. The zero-order valence-electron chi connectivity index (χ0n) is 15.0. The summed E-state index contributed by atoms with van der Waals surface area (Å²) >= 11 is 6.26. The molecule has 0 bridgehead atoms. The van der Waals surface area contributed by atoms with Gasteiger partial charge in [-0.05, 0) is 43.2 Å². The van der Waals surface area contributed by atoms with Crippen LogP contribution in [0, 0.1) is 0 Å². The predicted octanol–water partition coefficient (Wildman–Crippen LogP) is 4.40. The normalized spacial score (nSPS) is 11.0. The molecule has 26 heavy (non-hydrogen) atoms.